The molecule has 1 saturated carbocycles. The van der Waals surface area contributed by atoms with Gasteiger partial charge >= 0.3 is 0 Å². The maximum atomic E-state index is 10.5. The number of carbonyl (C=O) groups excluding carboxylic acids is 1. The minimum Gasteiger partial charge on any atom is -0.211 e. The molecule has 15 heavy (non-hydrogen) atoms. The Morgan fingerprint density at radius 3 is 2.53 bits per heavy atom. The smallest absolute Gasteiger partial charge is 0.211 e. The fraction of sp³-hybridized carbons (Fsp3) is 0.462. The van der Waals surface area contributed by atoms with E-state index in [2.05, 4.69) is 37.0 Å². The Balaban J connectivity index is 2.47. The molecule has 0 heterocycles. The molecule has 1 fully saturated rings. The molecule has 0 bridgehead atoms. The molecule has 0 spiro atoms. The maximum absolute atomic E-state index is 10.5. The fourth-order valence-corrected chi connectivity index (χ4v) is 2.38. The van der Waals surface area contributed by atoms with Gasteiger partial charge in [0.2, 0.25) is 6.08 Å². The molecule has 2 nitrogen and oxygen atoms in total. The van der Waals surface area contributed by atoms with Gasteiger partial charge in [-0.25, -0.2) is 4.79 Å². The lowest BCUT2D eigenvalue weighted by atomic mass is 9.71. The van der Waals surface area contributed by atoms with E-state index >= 15 is 0 Å². The summed E-state index contributed by atoms with van der Waals surface area (Å²) in [7, 11) is 0. The van der Waals surface area contributed by atoms with Crippen LogP contribution in [0, 0.1) is 13.8 Å². The van der Waals surface area contributed by atoms with E-state index in [1.54, 1.807) is 6.08 Å². The highest BCUT2D eigenvalue weighted by molar-refractivity contribution is 5.43. The van der Waals surface area contributed by atoms with Crippen LogP contribution in [0.2, 0.25) is 0 Å². The molecule has 0 saturated heterocycles. The number of rotatable bonds is 2. The van der Waals surface area contributed by atoms with Crippen molar-refractivity contribution in [2.24, 2.45) is 4.99 Å². The van der Waals surface area contributed by atoms with Gasteiger partial charge in [-0.15, -0.1) is 0 Å². The highest BCUT2D eigenvalue weighted by Crippen LogP contribution is 2.45. The molecule has 2 rings (SSSR count). The Hall–Kier alpha value is -1.40. The van der Waals surface area contributed by atoms with Crippen molar-refractivity contribution < 1.29 is 4.79 Å². The lowest BCUT2D eigenvalue weighted by Crippen LogP contribution is -2.32. The van der Waals surface area contributed by atoms with Crippen molar-refractivity contribution in [2.75, 3.05) is 0 Å². The van der Waals surface area contributed by atoms with Crippen molar-refractivity contribution in [1.29, 1.82) is 0 Å². The molecule has 0 atom stereocenters. The summed E-state index contributed by atoms with van der Waals surface area (Å²) in [5.74, 6) is 0. The van der Waals surface area contributed by atoms with Crippen molar-refractivity contribution in [3.63, 3.8) is 0 Å². The lowest BCUT2D eigenvalue weighted by Gasteiger charge is -2.38. The zero-order valence-electron chi connectivity index (χ0n) is 9.21. The average molecular weight is 201 g/mol. The monoisotopic (exact) mass is 201 g/mol. The first-order chi connectivity index (χ1) is 7.18. The van der Waals surface area contributed by atoms with E-state index in [0.717, 1.165) is 19.3 Å². The van der Waals surface area contributed by atoms with Gasteiger partial charge in [-0.05, 0) is 44.2 Å². The zero-order chi connectivity index (χ0) is 10.9. The summed E-state index contributed by atoms with van der Waals surface area (Å²) in [5, 5.41) is 0. The van der Waals surface area contributed by atoms with E-state index in [1.807, 2.05) is 0 Å². The van der Waals surface area contributed by atoms with Gasteiger partial charge in [0, 0.05) is 0 Å². The third-order valence-corrected chi connectivity index (χ3v) is 3.32. The Bertz CT molecular complexity index is 426. The lowest BCUT2D eigenvalue weighted by molar-refractivity contribution is 0.255. The van der Waals surface area contributed by atoms with E-state index in [9.17, 15) is 4.79 Å². The summed E-state index contributed by atoms with van der Waals surface area (Å²) in [4.78, 5) is 14.5. The minimum absolute atomic E-state index is 0.250. The van der Waals surface area contributed by atoms with Gasteiger partial charge in [-0.3, -0.25) is 0 Å². The quantitative estimate of drug-likeness (QED) is 0.534. The molecule has 1 aliphatic rings. The van der Waals surface area contributed by atoms with E-state index in [0.29, 0.717) is 0 Å². The number of nitrogens with zero attached hydrogens (tertiary/aromatic N) is 1. The number of aryl methyl sites for hydroxylation is 2. The summed E-state index contributed by atoms with van der Waals surface area (Å²) in [5.41, 5.74) is 3.43. The topological polar surface area (TPSA) is 29.4 Å². The van der Waals surface area contributed by atoms with Crippen molar-refractivity contribution in [3.05, 3.63) is 34.9 Å². The second kappa shape index (κ2) is 3.63. The van der Waals surface area contributed by atoms with Crippen molar-refractivity contribution in [2.45, 2.75) is 38.6 Å². The first-order valence-corrected chi connectivity index (χ1v) is 5.35. The van der Waals surface area contributed by atoms with Gasteiger partial charge in [-0.1, -0.05) is 23.8 Å². The molecule has 2 heteroatoms. The van der Waals surface area contributed by atoms with E-state index < -0.39 is 0 Å². The van der Waals surface area contributed by atoms with Crippen molar-refractivity contribution in [3.8, 4) is 0 Å². The van der Waals surface area contributed by atoms with E-state index in [4.69, 9.17) is 0 Å². The molecule has 1 aromatic carbocycles. The second-order valence-corrected chi connectivity index (χ2v) is 4.41. The molecule has 0 radical (unpaired) electrons. The Morgan fingerprint density at radius 2 is 2.07 bits per heavy atom. The fourth-order valence-electron chi connectivity index (χ4n) is 2.38. The predicted octanol–water partition coefficient (Wildman–Crippen LogP) is 3.02. The van der Waals surface area contributed by atoms with Crippen LogP contribution < -0.4 is 0 Å². The second-order valence-electron chi connectivity index (χ2n) is 4.41. The summed E-state index contributed by atoms with van der Waals surface area (Å²) in [6.45, 7) is 4.16. The maximum Gasteiger partial charge on any atom is 0.235 e. The van der Waals surface area contributed by atoms with Gasteiger partial charge in [-0.2, -0.15) is 4.99 Å². The minimum atomic E-state index is -0.250. The van der Waals surface area contributed by atoms with Crippen LogP contribution in [0.25, 0.3) is 0 Å². The van der Waals surface area contributed by atoms with Crippen LogP contribution in [0.1, 0.15) is 36.0 Å². The molecule has 0 amide bonds. The number of benzene rings is 1. The molecule has 0 N–H and O–H groups in total. The average Bonchev–Trinajstić information content (AvgIpc) is 2.12. The Kier molecular flexibility index (Phi) is 2.45. The van der Waals surface area contributed by atoms with Gasteiger partial charge in [0.1, 0.15) is 0 Å². The predicted molar refractivity (Wildman–Crippen MR) is 59.6 cm³/mol. The third kappa shape index (κ3) is 1.62. The normalized spacial score (nSPS) is 17.7. The SMILES string of the molecule is Cc1ccc(C2(N=C=O)CCC2)c(C)c1. The number of hydrogen-bond acceptors (Lipinski definition) is 2. The number of hydrogen-bond donors (Lipinski definition) is 0. The zero-order valence-corrected chi connectivity index (χ0v) is 9.21. The first-order valence-electron chi connectivity index (χ1n) is 5.35. The molecular formula is C13H15NO. The molecule has 78 valence electrons. The molecule has 0 aromatic heterocycles. The molecular weight excluding hydrogens is 186 g/mol. The highest BCUT2D eigenvalue weighted by Gasteiger charge is 2.39. The highest BCUT2D eigenvalue weighted by atomic mass is 16.1. The molecule has 0 unspecified atom stereocenters. The summed E-state index contributed by atoms with van der Waals surface area (Å²) < 4.78 is 0. The Morgan fingerprint density at radius 1 is 1.33 bits per heavy atom. The molecule has 0 aliphatic heterocycles. The third-order valence-electron chi connectivity index (χ3n) is 3.32. The first kappa shape index (κ1) is 10.1. The standard InChI is InChI=1S/C13H15NO/c1-10-4-5-12(11(2)8-10)13(14-9-15)6-3-7-13/h4-5,8H,3,6-7H2,1-2H3. The number of isocyanates is 1. The van der Waals surface area contributed by atoms with Crippen LogP contribution in [0.5, 0.6) is 0 Å². The molecule has 1 aromatic rings. The largest absolute Gasteiger partial charge is 0.235 e. The van der Waals surface area contributed by atoms with E-state index in [-0.39, 0.29) is 5.54 Å². The molecule has 1 aliphatic carbocycles. The Labute approximate surface area is 90.0 Å². The van der Waals surface area contributed by atoms with Crippen LogP contribution in [0.15, 0.2) is 23.2 Å². The number of aliphatic imine (C=N–C) groups is 1. The van der Waals surface area contributed by atoms with Crippen LogP contribution in [-0.4, -0.2) is 6.08 Å². The van der Waals surface area contributed by atoms with Gasteiger partial charge in [0.05, 0.1) is 5.54 Å². The van der Waals surface area contributed by atoms with Gasteiger partial charge < -0.3 is 0 Å². The van der Waals surface area contributed by atoms with Crippen LogP contribution in [0.4, 0.5) is 0 Å². The van der Waals surface area contributed by atoms with Crippen LogP contribution in [0.3, 0.4) is 0 Å². The van der Waals surface area contributed by atoms with Crippen LogP contribution in [-0.2, 0) is 10.3 Å². The van der Waals surface area contributed by atoms with Gasteiger partial charge in [0.15, 0.2) is 0 Å². The summed E-state index contributed by atoms with van der Waals surface area (Å²) in [6.07, 6.45) is 4.83. The summed E-state index contributed by atoms with van der Waals surface area (Å²) in [6, 6.07) is 6.34. The van der Waals surface area contributed by atoms with Gasteiger partial charge in [0.25, 0.3) is 0 Å². The van der Waals surface area contributed by atoms with Crippen molar-refractivity contribution in [1.82, 2.24) is 0 Å². The summed E-state index contributed by atoms with van der Waals surface area (Å²) >= 11 is 0. The van der Waals surface area contributed by atoms with Crippen molar-refractivity contribution >= 4 is 6.08 Å². The van der Waals surface area contributed by atoms with Crippen LogP contribution >= 0.6 is 0 Å². The van der Waals surface area contributed by atoms with E-state index in [1.165, 1.54) is 16.7 Å².